The molecule has 64 valence electrons. The predicted molar refractivity (Wildman–Crippen MR) is 44.2 cm³/mol. The van der Waals surface area contributed by atoms with Crippen molar-refractivity contribution in [3.8, 4) is 0 Å². The van der Waals surface area contributed by atoms with Gasteiger partial charge in [-0.1, -0.05) is 20.8 Å². The molecule has 2 nitrogen and oxygen atoms in total. The molecule has 11 heavy (non-hydrogen) atoms. The summed E-state index contributed by atoms with van der Waals surface area (Å²) in [6.45, 7) is 5.89. The minimum atomic E-state index is 0.0601. The Morgan fingerprint density at radius 3 is 2.09 bits per heavy atom. The first-order valence-electron chi connectivity index (χ1n) is 4.02. The monoisotopic (exact) mass is 156 g/mol. The number of aldehydes is 2. The van der Waals surface area contributed by atoms with Crippen LogP contribution in [-0.2, 0) is 9.59 Å². The molecule has 0 aromatic heterocycles. The van der Waals surface area contributed by atoms with Crippen LogP contribution in [0.4, 0.5) is 0 Å². The Labute approximate surface area is 68.0 Å². The smallest absolute Gasteiger partial charge is 0.123 e. The third kappa shape index (κ3) is 3.30. The minimum absolute atomic E-state index is 0.0601. The van der Waals surface area contributed by atoms with E-state index >= 15 is 0 Å². The van der Waals surface area contributed by atoms with Gasteiger partial charge < -0.3 is 9.59 Å². The molecule has 0 rings (SSSR count). The van der Waals surface area contributed by atoms with Crippen LogP contribution in [0.5, 0.6) is 0 Å². The molecule has 0 aliphatic rings. The van der Waals surface area contributed by atoms with Crippen LogP contribution in [0.15, 0.2) is 0 Å². The van der Waals surface area contributed by atoms with Gasteiger partial charge in [0.2, 0.25) is 0 Å². The summed E-state index contributed by atoms with van der Waals surface area (Å²) in [6.07, 6.45) is 2.42. The van der Waals surface area contributed by atoms with Crippen molar-refractivity contribution in [2.75, 3.05) is 0 Å². The quantitative estimate of drug-likeness (QED) is 0.567. The van der Waals surface area contributed by atoms with E-state index in [-0.39, 0.29) is 5.92 Å². The van der Waals surface area contributed by atoms with Gasteiger partial charge in [0.05, 0.1) is 0 Å². The van der Waals surface area contributed by atoms with Gasteiger partial charge >= 0.3 is 0 Å². The molecule has 0 heterocycles. The second-order valence-electron chi connectivity index (χ2n) is 3.23. The Bertz CT molecular complexity index is 132. The zero-order valence-corrected chi connectivity index (χ0v) is 7.41. The van der Waals surface area contributed by atoms with Crippen LogP contribution in [0.2, 0.25) is 0 Å². The minimum Gasteiger partial charge on any atom is -0.303 e. The number of hydrogen-bond acceptors (Lipinski definition) is 2. The summed E-state index contributed by atoms with van der Waals surface area (Å²) in [6, 6.07) is 0. The van der Waals surface area contributed by atoms with Crippen LogP contribution in [0.25, 0.3) is 0 Å². The predicted octanol–water partition coefficient (Wildman–Crippen LogP) is 1.68. The number of carbonyl (C=O) groups excluding carboxylic acids is 2. The molecular formula is C9H16O2. The molecule has 0 amide bonds. The van der Waals surface area contributed by atoms with E-state index in [0.29, 0.717) is 18.3 Å². The zero-order chi connectivity index (χ0) is 8.85. The average Bonchev–Trinajstić information content (AvgIpc) is 2.02. The van der Waals surface area contributed by atoms with E-state index in [1.165, 1.54) is 0 Å². The van der Waals surface area contributed by atoms with Gasteiger partial charge in [-0.3, -0.25) is 0 Å². The van der Waals surface area contributed by atoms with Crippen LogP contribution in [0.3, 0.4) is 0 Å². The van der Waals surface area contributed by atoms with Gasteiger partial charge in [0, 0.05) is 12.3 Å². The van der Waals surface area contributed by atoms with Crippen molar-refractivity contribution in [1.82, 2.24) is 0 Å². The lowest BCUT2D eigenvalue weighted by Crippen LogP contribution is -2.17. The fourth-order valence-electron chi connectivity index (χ4n) is 1.01. The second-order valence-corrected chi connectivity index (χ2v) is 3.23. The maximum absolute atomic E-state index is 10.4. The Morgan fingerprint density at radius 2 is 1.73 bits per heavy atom. The van der Waals surface area contributed by atoms with Crippen molar-refractivity contribution >= 4 is 12.6 Å². The van der Waals surface area contributed by atoms with Crippen LogP contribution in [0.1, 0.15) is 27.2 Å². The standard InChI is InChI=1S/C9H16O2/c1-7(4-5-10)9(3)8(2)6-11/h5-9H,4H2,1-3H3. The Morgan fingerprint density at radius 1 is 1.18 bits per heavy atom. The maximum atomic E-state index is 10.4. The highest BCUT2D eigenvalue weighted by atomic mass is 16.1. The van der Waals surface area contributed by atoms with Crippen molar-refractivity contribution in [1.29, 1.82) is 0 Å². The SMILES string of the molecule is CC(C=O)C(C)C(C)CC=O. The first kappa shape index (κ1) is 10.3. The lowest BCUT2D eigenvalue weighted by molar-refractivity contribution is -0.113. The zero-order valence-electron chi connectivity index (χ0n) is 7.41. The van der Waals surface area contributed by atoms with Gasteiger partial charge in [-0.25, -0.2) is 0 Å². The lowest BCUT2D eigenvalue weighted by Gasteiger charge is -2.20. The third-order valence-electron chi connectivity index (χ3n) is 2.41. The largest absolute Gasteiger partial charge is 0.303 e. The van der Waals surface area contributed by atoms with Gasteiger partial charge in [-0.05, 0) is 11.8 Å². The molecule has 3 atom stereocenters. The number of hydrogen-bond donors (Lipinski definition) is 0. The summed E-state index contributed by atoms with van der Waals surface area (Å²) >= 11 is 0. The van der Waals surface area contributed by atoms with E-state index in [4.69, 9.17) is 0 Å². The summed E-state index contributed by atoms with van der Waals surface area (Å²) in [5.41, 5.74) is 0. The second kappa shape index (κ2) is 5.05. The maximum Gasteiger partial charge on any atom is 0.123 e. The number of carbonyl (C=O) groups is 2. The molecule has 0 aliphatic heterocycles. The molecule has 0 aromatic rings. The first-order valence-corrected chi connectivity index (χ1v) is 4.02. The van der Waals surface area contributed by atoms with Gasteiger partial charge in [0.1, 0.15) is 12.6 Å². The lowest BCUT2D eigenvalue weighted by atomic mass is 9.84. The highest BCUT2D eigenvalue weighted by molar-refractivity contribution is 5.54. The van der Waals surface area contributed by atoms with E-state index in [2.05, 4.69) is 0 Å². The molecule has 0 fully saturated rings. The van der Waals surface area contributed by atoms with Crippen LogP contribution in [-0.4, -0.2) is 12.6 Å². The van der Waals surface area contributed by atoms with E-state index in [1.54, 1.807) is 0 Å². The van der Waals surface area contributed by atoms with Crippen molar-refractivity contribution in [3.63, 3.8) is 0 Å². The summed E-state index contributed by atoms with van der Waals surface area (Å²) in [7, 11) is 0. The molecule has 2 heteroatoms. The fourth-order valence-corrected chi connectivity index (χ4v) is 1.01. The first-order chi connectivity index (χ1) is 5.13. The van der Waals surface area contributed by atoms with Crippen molar-refractivity contribution < 1.29 is 9.59 Å². The van der Waals surface area contributed by atoms with Crippen molar-refractivity contribution in [2.45, 2.75) is 27.2 Å². The van der Waals surface area contributed by atoms with Crippen LogP contribution in [0, 0.1) is 17.8 Å². The van der Waals surface area contributed by atoms with Crippen molar-refractivity contribution in [2.24, 2.45) is 17.8 Å². The Hall–Kier alpha value is -0.660. The van der Waals surface area contributed by atoms with Gasteiger partial charge in [0.15, 0.2) is 0 Å². The van der Waals surface area contributed by atoms with E-state index in [9.17, 15) is 9.59 Å². The Kier molecular flexibility index (Phi) is 4.75. The van der Waals surface area contributed by atoms with Gasteiger partial charge in [-0.15, -0.1) is 0 Å². The molecule has 0 saturated heterocycles. The highest BCUT2D eigenvalue weighted by Gasteiger charge is 2.17. The fraction of sp³-hybridized carbons (Fsp3) is 0.778. The molecule has 0 aliphatic carbocycles. The Balaban J connectivity index is 3.88. The van der Waals surface area contributed by atoms with Crippen molar-refractivity contribution in [3.05, 3.63) is 0 Å². The summed E-state index contributed by atoms with van der Waals surface area (Å²) in [5.74, 6) is 0.676. The molecule has 0 saturated carbocycles. The molecule has 0 N–H and O–H groups in total. The van der Waals surface area contributed by atoms with Crippen LogP contribution >= 0.6 is 0 Å². The van der Waals surface area contributed by atoms with E-state index < -0.39 is 0 Å². The number of rotatable bonds is 5. The van der Waals surface area contributed by atoms with E-state index in [1.807, 2.05) is 20.8 Å². The van der Waals surface area contributed by atoms with Gasteiger partial charge in [0.25, 0.3) is 0 Å². The van der Waals surface area contributed by atoms with E-state index in [0.717, 1.165) is 12.6 Å². The molecule has 0 aromatic carbocycles. The molecule has 0 radical (unpaired) electrons. The molecular weight excluding hydrogens is 140 g/mol. The highest BCUT2D eigenvalue weighted by Crippen LogP contribution is 2.20. The summed E-state index contributed by atoms with van der Waals surface area (Å²) < 4.78 is 0. The average molecular weight is 156 g/mol. The molecule has 0 spiro atoms. The normalized spacial score (nSPS) is 18.5. The molecule has 0 bridgehead atoms. The summed E-state index contributed by atoms with van der Waals surface area (Å²) in [4.78, 5) is 20.5. The van der Waals surface area contributed by atoms with Crippen LogP contribution < -0.4 is 0 Å². The van der Waals surface area contributed by atoms with Gasteiger partial charge in [-0.2, -0.15) is 0 Å². The third-order valence-corrected chi connectivity index (χ3v) is 2.41. The topological polar surface area (TPSA) is 34.1 Å². The summed E-state index contributed by atoms with van der Waals surface area (Å²) in [5, 5.41) is 0. The molecule has 3 unspecified atom stereocenters.